The van der Waals surface area contributed by atoms with Crippen LogP contribution >= 0.6 is 0 Å². The standard InChI is InChI=1S/C21H16N4O4/c1-29-11-8-6-10(7-9-11)17-15(16-18(23-17)24-21(28)25-20(16)27)14-12-4-2-3-5-13(12)22-19(14)26/h2-9,14H,1H3,(H,22,26)(H3,23,24,25,27,28)/t14-/m0/s1. The average Bonchev–Trinajstić information content (AvgIpc) is 3.24. The summed E-state index contributed by atoms with van der Waals surface area (Å²) in [6.07, 6.45) is 0. The highest BCUT2D eigenvalue weighted by Crippen LogP contribution is 2.43. The maximum Gasteiger partial charge on any atom is 0.327 e. The summed E-state index contributed by atoms with van der Waals surface area (Å²) in [5, 5.41) is 3.13. The van der Waals surface area contributed by atoms with Crippen molar-refractivity contribution < 1.29 is 9.53 Å². The Bertz CT molecular complexity index is 1380. The molecule has 1 aliphatic rings. The highest BCUT2D eigenvalue weighted by Gasteiger charge is 2.36. The summed E-state index contributed by atoms with van der Waals surface area (Å²) in [6.45, 7) is 0. The topological polar surface area (TPSA) is 120 Å². The van der Waals surface area contributed by atoms with Crippen LogP contribution in [0.1, 0.15) is 17.0 Å². The van der Waals surface area contributed by atoms with Gasteiger partial charge in [-0.3, -0.25) is 19.6 Å². The molecule has 1 atom stereocenters. The maximum atomic E-state index is 12.9. The monoisotopic (exact) mass is 388 g/mol. The first-order chi connectivity index (χ1) is 14.1. The first-order valence-corrected chi connectivity index (χ1v) is 8.99. The summed E-state index contributed by atoms with van der Waals surface area (Å²) < 4.78 is 5.22. The molecule has 0 radical (unpaired) electrons. The van der Waals surface area contributed by atoms with Crippen LogP contribution in [0.15, 0.2) is 58.1 Å². The summed E-state index contributed by atoms with van der Waals surface area (Å²) >= 11 is 0. The fourth-order valence-corrected chi connectivity index (χ4v) is 3.92. The van der Waals surface area contributed by atoms with Crippen molar-refractivity contribution in [3.63, 3.8) is 0 Å². The van der Waals surface area contributed by atoms with Gasteiger partial charge in [-0.15, -0.1) is 0 Å². The van der Waals surface area contributed by atoms with Crippen molar-refractivity contribution in [1.82, 2.24) is 15.0 Å². The molecule has 0 spiro atoms. The summed E-state index contributed by atoms with van der Waals surface area (Å²) in [4.78, 5) is 45.4. The van der Waals surface area contributed by atoms with E-state index in [4.69, 9.17) is 4.74 Å². The van der Waals surface area contributed by atoms with Crippen molar-refractivity contribution in [1.29, 1.82) is 0 Å². The van der Waals surface area contributed by atoms with Crippen LogP contribution in [-0.2, 0) is 4.79 Å². The number of rotatable bonds is 3. The van der Waals surface area contributed by atoms with Crippen LogP contribution < -0.4 is 21.3 Å². The van der Waals surface area contributed by atoms with Gasteiger partial charge in [0.05, 0.1) is 24.1 Å². The van der Waals surface area contributed by atoms with Gasteiger partial charge in [-0.25, -0.2) is 4.79 Å². The lowest BCUT2D eigenvalue weighted by Crippen LogP contribution is -2.23. The fraction of sp³-hybridized carbons (Fsp3) is 0.0952. The number of hydrogen-bond donors (Lipinski definition) is 4. The molecule has 0 unspecified atom stereocenters. The minimum absolute atomic E-state index is 0.229. The molecule has 1 aliphatic heterocycles. The van der Waals surface area contributed by atoms with Crippen LogP contribution in [0.4, 0.5) is 5.69 Å². The number of methoxy groups -OCH3 is 1. The van der Waals surface area contributed by atoms with Gasteiger partial charge < -0.3 is 15.0 Å². The van der Waals surface area contributed by atoms with E-state index >= 15 is 0 Å². The maximum absolute atomic E-state index is 12.9. The number of anilines is 1. The molecule has 0 bridgehead atoms. The third-order valence-corrected chi connectivity index (χ3v) is 5.19. The van der Waals surface area contributed by atoms with Crippen molar-refractivity contribution >= 4 is 22.6 Å². The lowest BCUT2D eigenvalue weighted by Gasteiger charge is -2.12. The van der Waals surface area contributed by atoms with Crippen molar-refractivity contribution in [3.05, 3.63) is 80.5 Å². The summed E-state index contributed by atoms with van der Waals surface area (Å²) in [6, 6.07) is 14.6. The molecule has 3 heterocycles. The highest BCUT2D eigenvalue weighted by atomic mass is 16.5. The largest absolute Gasteiger partial charge is 0.497 e. The Balaban J connectivity index is 1.85. The predicted molar refractivity (Wildman–Crippen MR) is 108 cm³/mol. The molecule has 2 aromatic carbocycles. The minimum atomic E-state index is -0.691. The molecule has 5 rings (SSSR count). The molecule has 4 aromatic rings. The number of nitrogens with one attached hydrogen (secondary N) is 4. The molecule has 144 valence electrons. The van der Waals surface area contributed by atoms with E-state index in [-0.39, 0.29) is 16.9 Å². The van der Waals surface area contributed by atoms with E-state index in [9.17, 15) is 14.4 Å². The lowest BCUT2D eigenvalue weighted by molar-refractivity contribution is -0.116. The van der Waals surface area contributed by atoms with E-state index < -0.39 is 17.2 Å². The molecule has 0 fully saturated rings. The van der Waals surface area contributed by atoms with Crippen LogP contribution in [0.2, 0.25) is 0 Å². The number of hydrogen-bond acceptors (Lipinski definition) is 4. The van der Waals surface area contributed by atoms with Gasteiger partial charge in [-0.1, -0.05) is 18.2 Å². The second kappa shape index (κ2) is 6.23. The van der Waals surface area contributed by atoms with Gasteiger partial charge in [0.15, 0.2) is 0 Å². The Labute approximate surface area is 163 Å². The van der Waals surface area contributed by atoms with Gasteiger partial charge in [0.2, 0.25) is 5.91 Å². The quantitative estimate of drug-likeness (QED) is 0.430. The molecule has 0 aliphatic carbocycles. The second-order valence-electron chi connectivity index (χ2n) is 6.81. The van der Waals surface area contributed by atoms with Crippen molar-refractivity contribution in [3.8, 4) is 17.0 Å². The van der Waals surface area contributed by atoms with Crippen molar-refractivity contribution in [2.45, 2.75) is 5.92 Å². The molecule has 0 saturated heterocycles. The van der Waals surface area contributed by atoms with Crippen LogP contribution in [0.3, 0.4) is 0 Å². The molecule has 4 N–H and O–H groups in total. The van der Waals surface area contributed by atoms with Gasteiger partial charge >= 0.3 is 5.69 Å². The first-order valence-electron chi connectivity index (χ1n) is 8.99. The Hall–Kier alpha value is -4.07. The Morgan fingerprint density at radius 2 is 1.66 bits per heavy atom. The number of fused-ring (bicyclic) bond motifs is 2. The number of carbonyl (C=O) groups excluding carboxylic acids is 1. The molecular weight excluding hydrogens is 372 g/mol. The van der Waals surface area contributed by atoms with Crippen molar-refractivity contribution in [2.75, 3.05) is 12.4 Å². The van der Waals surface area contributed by atoms with Crippen LogP contribution in [0.5, 0.6) is 5.75 Å². The Kier molecular flexibility index (Phi) is 3.67. The van der Waals surface area contributed by atoms with Crippen LogP contribution in [0.25, 0.3) is 22.3 Å². The van der Waals surface area contributed by atoms with Crippen molar-refractivity contribution in [2.24, 2.45) is 0 Å². The Morgan fingerprint density at radius 1 is 0.897 bits per heavy atom. The molecule has 29 heavy (non-hydrogen) atoms. The predicted octanol–water partition coefficient (Wildman–Crippen LogP) is 2.30. The zero-order valence-corrected chi connectivity index (χ0v) is 15.3. The van der Waals surface area contributed by atoms with E-state index in [0.717, 1.165) is 11.1 Å². The number of H-pyrrole nitrogens is 3. The number of aromatic amines is 3. The van der Waals surface area contributed by atoms with Gasteiger partial charge in [-0.05, 0) is 41.5 Å². The normalized spacial score (nSPS) is 15.3. The number of aromatic nitrogens is 3. The highest BCUT2D eigenvalue weighted by molar-refractivity contribution is 6.08. The van der Waals surface area contributed by atoms with Crippen LogP contribution in [0, 0.1) is 0 Å². The fourth-order valence-electron chi connectivity index (χ4n) is 3.92. The molecule has 0 saturated carbocycles. The first kappa shape index (κ1) is 17.1. The minimum Gasteiger partial charge on any atom is -0.497 e. The molecule has 1 amide bonds. The van der Waals surface area contributed by atoms with Gasteiger partial charge in [-0.2, -0.15) is 0 Å². The molecule has 8 nitrogen and oxygen atoms in total. The second-order valence-corrected chi connectivity index (χ2v) is 6.81. The molecular formula is C21H16N4O4. The van der Waals surface area contributed by atoms with Gasteiger partial charge in [0.1, 0.15) is 11.4 Å². The van der Waals surface area contributed by atoms with Gasteiger partial charge in [0, 0.05) is 11.3 Å². The van der Waals surface area contributed by atoms with E-state index in [1.807, 2.05) is 36.4 Å². The number of ether oxygens (including phenoxy) is 1. The summed E-state index contributed by atoms with van der Waals surface area (Å²) in [7, 11) is 1.58. The molecule has 2 aromatic heterocycles. The molecule has 8 heteroatoms. The zero-order chi connectivity index (χ0) is 20.1. The van der Waals surface area contributed by atoms with E-state index in [1.54, 1.807) is 19.2 Å². The average molecular weight is 388 g/mol. The van der Waals surface area contributed by atoms with Gasteiger partial charge in [0.25, 0.3) is 5.56 Å². The van der Waals surface area contributed by atoms with E-state index in [1.165, 1.54) is 0 Å². The third kappa shape index (κ3) is 2.57. The number of benzene rings is 2. The third-order valence-electron chi connectivity index (χ3n) is 5.19. The lowest BCUT2D eigenvalue weighted by atomic mass is 9.89. The smallest absolute Gasteiger partial charge is 0.327 e. The summed E-state index contributed by atoms with van der Waals surface area (Å²) in [5.74, 6) is -0.238. The number of para-hydroxylation sites is 1. The summed E-state index contributed by atoms with van der Waals surface area (Å²) in [5.41, 5.74) is 2.46. The zero-order valence-electron chi connectivity index (χ0n) is 15.3. The Morgan fingerprint density at radius 3 is 2.41 bits per heavy atom. The van der Waals surface area contributed by atoms with Crippen LogP contribution in [-0.4, -0.2) is 28.0 Å². The van der Waals surface area contributed by atoms with E-state index in [0.29, 0.717) is 22.7 Å². The van der Waals surface area contributed by atoms with E-state index in [2.05, 4.69) is 20.3 Å². The number of carbonyl (C=O) groups is 1. The SMILES string of the molecule is COc1ccc(-c2[nH]c3[nH]c(=O)[nH]c(=O)c3c2[C@H]2C(=O)Nc3ccccc32)cc1. The number of amides is 1.